The first kappa shape index (κ1) is 15.5. The number of rotatable bonds is 7. The van der Waals surface area contributed by atoms with Gasteiger partial charge < -0.3 is 9.73 Å². The van der Waals surface area contributed by atoms with Crippen LogP contribution in [-0.4, -0.2) is 6.54 Å². The second kappa shape index (κ2) is 7.75. The summed E-state index contributed by atoms with van der Waals surface area (Å²) in [7, 11) is 0. The van der Waals surface area contributed by atoms with Crippen molar-refractivity contribution in [1.82, 2.24) is 5.32 Å². The Morgan fingerprint density at radius 1 is 0.913 bits per heavy atom. The van der Waals surface area contributed by atoms with Gasteiger partial charge in [-0.15, -0.1) is 0 Å². The first-order valence-corrected chi connectivity index (χ1v) is 7.87. The van der Waals surface area contributed by atoms with Gasteiger partial charge in [-0.1, -0.05) is 48.5 Å². The summed E-state index contributed by atoms with van der Waals surface area (Å²) < 4.78 is 19.2. The van der Waals surface area contributed by atoms with Crippen molar-refractivity contribution in [2.75, 3.05) is 6.54 Å². The van der Waals surface area contributed by atoms with E-state index in [-0.39, 0.29) is 11.7 Å². The minimum atomic E-state index is -0.161. The van der Waals surface area contributed by atoms with Crippen LogP contribution in [0.25, 0.3) is 0 Å². The van der Waals surface area contributed by atoms with Crippen LogP contribution in [0.15, 0.2) is 77.4 Å². The fourth-order valence-corrected chi connectivity index (χ4v) is 2.76. The first-order valence-electron chi connectivity index (χ1n) is 7.87. The molecule has 0 fully saturated rings. The zero-order valence-electron chi connectivity index (χ0n) is 12.9. The van der Waals surface area contributed by atoms with E-state index in [2.05, 4.69) is 17.4 Å². The Kier molecular flexibility index (Phi) is 5.22. The summed E-state index contributed by atoms with van der Waals surface area (Å²) in [4.78, 5) is 0. The number of nitrogens with one attached hydrogen (secondary N) is 1. The second-order valence-electron chi connectivity index (χ2n) is 5.54. The van der Waals surface area contributed by atoms with Gasteiger partial charge in [0, 0.05) is 18.0 Å². The monoisotopic (exact) mass is 309 g/mol. The normalized spacial score (nSPS) is 12.2. The molecule has 0 aliphatic heterocycles. The van der Waals surface area contributed by atoms with Crippen LogP contribution in [0.2, 0.25) is 0 Å². The maximum absolute atomic E-state index is 13.6. The van der Waals surface area contributed by atoms with E-state index < -0.39 is 0 Å². The van der Waals surface area contributed by atoms with Gasteiger partial charge in [0.2, 0.25) is 0 Å². The highest BCUT2D eigenvalue weighted by Crippen LogP contribution is 2.27. The smallest absolute Gasteiger partial charge is 0.127 e. The minimum absolute atomic E-state index is 0.161. The minimum Gasteiger partial charge on any atom is -0.469 e. The topological polar surface area (TPSA) is 25.2 Å². The third-order valence-corrected chi connectivity index (χ3v) is 3.97. The van der Waals surface area contributed by atoms with Crippen molar-refractivity contribution < 1.29 is 8.81 Å². The number of benzene rings is 2. The Labute approximate surface area is 136 Å². The lowest BCUT2D eigenvalue weighted by Gasteiger charge is -2.15. The Morgan fingerprint density at radius 2 is 1.70 bits per heavy atom. The van der Waals surface area contributed by atoms with Crippen molar-refractivity contribution in [1.29, 1.82) is 0 Å². The SMILES string of the molecule is Fc1ccccc1CNCC[C@H](c1ccccc1)c1ccco1. The van der Waals surface area contributed by atoms with Crippen LogP contribution in [0.1, 0.15) is 29.2 Å². The van der Waals surface area contributed by atoms with Gasteiger partial charge in [-0.3, -0.25) is 0 Å². The molecule has 118 valence electrons. The van der Waals surface area contributed by atoms with Gasteiger partial charge in [-0.25, -0.2) is 4.39 Å². The molecule has 3 rings (SSSR count). The fourth-order valence-electron chi connectivity index (χ4n) is 2.76. The summed E-state index contributed by atoms with van der Waals surface area (Å²) in [6.45, 7) is 1.32. The van der Waals surface area contributed by atoms with Crippen LogP contribution < -0.4 is 5.32 Å². The summed E-state index contributed by atoms with van der Waals surface area (Å²) in [6, 6.07) is 21.1. The van der Waals surface area contributed by atoms with E-state index in [0.29, 0.717) is 12.1 Å². The molecule has 3 aromatic rings. The van der Waals surface area contributed by atoms with Crippen molar-refractivity contribution >= 4 is 0 Å². The highest BCUT2D eigenvalue weighted by atomic mass is 19.1. The third-order valence-electron chi connectivity index (χ3n) is 3.97. The van der Waals surface area contributed by atoms with Crippen molar-refractivity contribution in [3.8, 4) is 0 Å². The highest BCUT2D eigenvalue weighted by Gasteiger charge is 2.16. The van der Waals surface area contributed by atoms with Crippen molar-refractivity contribution in [2.45, 2.75) is 18.9 Å². The van der Waals surface area contributed by atoms with E-state index in [1.54, 1.807) is 12.3 Å². The molecule has 1 aromatic heterocycles. The molecule has 0 aliphatic carbocycles. The number of hydrogen-bond acceptors (Lipinski definition) is 2. The third kappa shape index (κ3) is 4.08. The Balaban J connectivity index is 1.61. The molecule has 0 amide bonds. The lowest BCUT2D eigenvalue weighted by molar-refractivity contribution is 0.465. The summed E-state index contributed by atoms with van der Waals surface area (Å²) in [6.07, 6.45) is 2.60. The summed E-state index contributed by atoms with van der Waals surface area (Å²) in [5.74, 6) is 1.01. The zero-order valence-corrected chi connectivity index (χ0v) is 12.9. The molecule has 0 saturated heterocycles. The fraction of sp³-hybridized carbons (Fsp3) is 0.200. The maximum Gasteiger partial charge on any atom is 0.127 e. The van der Waals surface area contributed by atoms with E-state index in [1.165, 1.54) is 11.6 Å². The number of halogens is 1. The van der Waals surface area contributed by atoms with Gasteiger partial charge in [-0.2, -0.15) is 0 Å². The molecule has 0 unspecified atom stereocenters. The Bertz CT molecular complexity index is 710. The van der Waals surface area contributed by atoms with E-state index in [4.69, 9.17) is 4.42 Å². The van der Waals surface area contributed by atoms with Gasteiger partial charge in [-0.05, 0) is 36.7 Å². The van der Waals surface area contributed by atoms with Crippen LogP contribution in [0.3, 0.4) is 0 Å². The molecule has 0 saturated carbocycles. The molecule has 1 atom stereocenters. The molecule has 2 aromatic carbocycles. The Morgan fingerprint density at radius 3 is 2.43 bits per heavy atom. The molecular weight excluding hydrogens is 289 g/mol. The lowest BCUT2D eigenvalue weighted by Crippen LogP contribution is -2.18. The molecule has 1 N–H and O–H groups in total. The predicted molar refractivity (Wildman–Crippen MR) is 89.7 cm³/mol. The second-order valence-corrected chi connectivity index (χ2v) is 5.54. The summed E-state index contributed by atoms with van der Waals surface area (Å²) in [5.41, 5.74) is 1.93. The average Bonchev–Trinajstić information content (AvgIpc) is 3.11. The zero-order chi connectivity index (χ0) is 15.9. The first-order chi connectivity index (χ1) is 11.3. The average molecular weight is 309 g/mol. The van der Waals surface area contributed by atoms with Gasteiger partial charge in [0.25, 0.3) is 0 Å². The number of furan rings is 1. The van der Waals surface area contributed by atoms with E-state index in [1.807, 2.05) is 42.5 Å². The van der Waals surface area contributed by atoms with Gasteiger partial charge in [0.15, 0.2) is 0 Å². The molecule has 23 heavy (non-hydrogen) atoms. The van der Waals surface area contributed by atoms with Gasteiger partial charge in [0.05, 0.1) is 6.26 Å². The van der Waals surface area contributed by atoms with Crippen molar-refractivity contribution in [3.63, 3.8) is 0 Å². The summed E-state index contributed by atoms with van der Waals surface area (Å²) in [5, 5.41) is 3.32. The van der Waals surface area contributed by atoms with Crippen molar-refractivity contribution in [2.24, 2.45) is 0 Å². The molecule has 0 spiro atoms. The molecule has 0 bridgehead atoms. The van der Waals surface area contributed by atoms with Gasteiger partial charge in [0.1, 0.15) is 11.6 Å². The number of hydrogen-bond donors (Lipinski definition) is 1. The Hall–Kier alpha value is -2.39. The van der Waals surface area contributed by atoms with Crippen LogP contribution in [0, 0.1) is 5.82 Å². The largest absolute Gasteiger partial charge is 0.469 e. The maximum atomic E-state index is 13.6. The predicted octanol–water partition coefficient (Wildman–Crippen LogP) is 4.73. The van der Waals surface area contributed by atoms with E-state index in [9.17, 15) is 4.39 Å². The van der Waals surface area contributed by atoms with Crippen LogP contribution >= 0.6 is 0 Å². The van der Waals surface area contributed by atoms with Crippen molar-refractivity contribution in [3.05, 3.63) is 95.7 Å². The standard InChI is InChI=1S/C20H20FNO/c21-19-10-5-4-9-17(19)15-22-13-12-18(20-11-6-14-23-20)16-7-2-1-3-8-16/h1-11,14,18,22H,12-13,15H2/t18-/m1/s1. The van der Waals surface area contributed by atoms with E-state index in [0.717, 1.165) is 18.7 Å². The molecule has 2 nitrogen and oxygen atoms in total. The van der Waals surface area contributed by atoms with Crippen LogP contribution in [0.4, 0.5) is 4.39 Å². The van der Waals surface area contributed by atoms with E-state index >= 15 is 0 Å². The molecule has 3 heteroatoms. The molecule has 1 heterocycles. The lowest BCUT2D eigenvalue weighted by atomic mass is 9.93. The van der Waals surface area contributed by atoms with Gasteiger partial charge >= 0.3 is 0 Å². The molecule has 0 radical (unpaired) electrons. The van der Waals surface area contributed by atoms with Crippen LogP contribution in [-0.2, 0) is 6.54 Å². The highest BCUT2D eigenvalue weighted by molar-refractivity contribution is 5.27. The molecular formula is C20H20FNO. The molecule has 0 aliphatic rings. The van der Waals surface area contributed by atoms with Crippen LogP contribution in [0.5, 0.6) is 0 Å². The quantitative estimate of drug-likeness (QED) is 0.638. The summed E-state index contributed by atoms with van der Waals surface area (Å²) >= 11 is 0.